The Kier molecular flexibility index (Phi) is 4.02. The van der Waals surface area contributed by atoms with Crippen molar-refractivity contribution in [1.29, 1.82) is 0 Å². The third-order valence-corrected chi connectivity index (χ3v) is 4.24. The Morgan fingerprint density at radius 1 is 1.09 bits per heavy atom. The fraction of sp³-hybridized carbons (Fsp3) is 0.0556. The predicted molar refractivity (Wildman–Crippen MR) is 88.8 cm³/mol. The Hall–Kier alpha value is -2.46. The van der Waals surface area contributed by atoms with Crippen LogP contribution in [0.5, 0.6) is 0 Å². The molecule has 1 aromatic heterocycles. The number of nitrogens with one attached hydrogen (secondary N) is 1. The van der Waals surface area contributed by atoms with Crippen LogP contribution in [0.4, 0.5) is 10.1 Å². The standard InChI is InChI=1S/C18H14FNOS/c1-12-7-8-16(15(19)11-12)20-18(21)17-14(9-10-22-17)13-5-3-2-4-6-13/h2-11H,1H3,(H,20,21). The van der Waals surface area contributed by atoms with Crippen molar-refractivity contribution < 1.29 is 9.18 Å². The maximum atomic E-state index is 13.9. The Morgan fingerprint density at radius 3 is 2.59 bits per heavy atom. The van der Waals surface area contributed by atoms with Crippen molar-refractivity contribution in [2.24, 2.45) is 0 Å². The van der Waals surface area contributed by atoms with Crippen molar-refractivity contribution in [3.8, 4) is 11.1 Å². The third-order valence-electron chi connectivity index (χ3n) is 3.33. The molecule has 110 valence electrons. The first-order valence-corrected chi connectivity index (χ1v) is 7.73. The molecule has 0 aliphatic carbocycles. The molecule has 0 spiro atoms. The van der Waals surface area contributed by atoms with Gasteiger partial charge in [-0.1, -0.05) is 36.4 Å². The minimum atomic E-state index is -0.425. The van der Waals surface area contributed by atoms with Crippen LogP contribution in [0.25, 0.3) is 11.1 Å². The molecule has 3 rings (SSSR count). The summed E-state index contributed by atoms with van der Waals surface area (Å²) in [6.45, 7) is 1.81. The molecule has 2 aromatic carbocycles. The molecule has 22 heavy (non-hydrogen) atoms. The lowest BCUT2D eigenvalue weighted by atomic mass is 10.1. The van der Waals surface area contributed by atoms with Gasteiger partial charge in [0.25, 0.3) is 5.91 Å². The predicted octanol–water partition coefficient (Wildman–Crippen LogP) is 5.11. The molecule has 0 saturated heterocycles. The van der Waals surface area contributed by atoms with Crippen LogP contribution in [0.2, 0.25) is 0 Å². The van der Waals surface area contributed by atoms with E-state index in [1.165, 1.54) is 17.4 Å². The summed E-state index contributed by atoms with van der Waals surface area (Å²) >= 11 is 1.35. The van der Waals surface area contributed by atoms with E-state index < -0.39 is 5.82 Å². The molecule has 1 N–H and O–H groups in total. The van der Waals surface area contributed by atoms with Crippen molar-refractivity contribution in [1.82, 2.24) is 0 Å². The van der Waals surface area contributed by atoms with Crippen molar-refractivity contribution in [3.05, 3.63) is 76.2 Å². The van der Waals surface area contributed by atoms with Crippen LogP contribution in [0.15, 0.2) is 60.0 Å². The van der Waals surface area contributed by atoms with E-state index in [0.29, 0.717) is 4.88 Å². The maximum absolute atomic E-state index is 13.9. The fourth-order valence-electron chi connectivity index (χ4n) is 2.23. The van der Waals surface area contributed by atoms with Gasteiger partial charge in [-0.2, -0.15) is 0 Å². The van der Waals surface area contributed by atoms with Gasteiger partial charge in [0.1, 0.15) is 5.82 Å². The summed E-state index contributed by atoms with van der Waals surface area (Å²) in [6, 6.07) is 16.3. The van der Waals surface area contributed by atoms with Gasteiger partial charge in [0.05, 0.1) is 10.6 Å². The molecule has 0 fully saturated rings. The lowest BCUT2D eigenvalue weighted by molar-refractivity contribution is 0.103. The molecule has 0 bridgehead atoms. The Bertz CT molecular complexity index is 811. The molecular weight excluding hydrogens is 297 g/mol. The van der Waals surface area contributed by atoms with Crippen LogP contribution in [0.1, 0.15) is 15.2 Å². The molecule has 0 atom stereocenters. The van der Waals surface area contributed by atoms with Gasteiger partial charge in [0, 0.05) is 5.56 Å². The third kappa shape index (κ3) is 2.92. The Balaban J connectivity index is 1.89. The minimum absolute atomic E-state index is 0.197. The molecule has 0 aliphatic heterocycles. The van der Waals surface area contributed by atoms with Crippen LogP contribution < -0.4 is 5.32 Å². The lowest BCUT2D eigenvalue weighted by Gasteiger charge is -2.08. The first kappa shape index (κ1) is 14.5. The quantitative estimate of drug-likeness (QED) is 0.715. The van der Waals surface area contributed by atoms with Gasteiger partial charge >= 0.3 is 0 Å². The second kappa shape index (κ2) is 6.12. The van der Waals surface area contributed by atoms with Gasteiger partial charge in [-0.15, -0.1) is 11.3 Å². The largest absolute Gasteiger partial charge is 0.319 e. The molecule has 4 heteroatoms. The number of carbonyl (C=O) groups excluding carboxylic acids is 1. The average molecular weight is 311 g/mol. The highest BCUT2D eigenvalue weighted by atomic mass is 32.1. The van der Waals surface area contributed by atoms with Crippen LogP contribution in [-0.4, -0.2) is 5.91 Å². The van der Waals surface area contributed by atoms with Crippen LogP contribution in [0.3, 0.4) is 0 Å². The normalized spacial score (nSPS) is 10.5. The van der Waals surface area contributed by atoms with Gasteiger partial charge in [-0.25, -0.2) is 4.39 Å². The van der Waals surface area contributed by atoms with E-state index >= 15 is 0 Å². The number of carbonyl (C=O) groups is 1. The number of aryl methyl sites for hydroxylation is 1. The summed E-state index contributed by atoms with van der Waals surface area (Å²) < 4.78 is 13.9. The van der Waals surface area contributed by atoms with E-state index in [4.69, 9.17) is 0 Å². The van der Waals surface area contributed by atoms with Crippen molar-refractivity contribution in [2.75, 3.05) is 5.32 Å². The van der Waals surface area contributed by atoms with E-state index in [1.807, 2.05) is 48.7 Å². The van der Waals surface area contributed by atoms with Gasteiger partial charge in [-0.3, -0.25) is 4.79 Å². The second-order valence-corrected chi connectivity index (χ2v) is 5.88. The van der Waals surface area contributed by atoms with E-state index in [1.54, 1.807) is 12.1 Å². The molecule has 0 radical (unpaired) electrons. The number of rotatable bonds is 3. The number of hydrogen-bond donors (Lipinski definition) is 1. The molecule has 0 saturated carbocycles. The summed E-state index contributed by atoms with van der Waals surface area (Å²) in [5, 5.41) is 4.51. The van der Waals surface area contributed by atoms with Gasteiger partial charge in [-0.05, 0) is 41.6 Å². The van der Waals surface area contributed by atoms with Crippen LogP contribution in [-0.2, 0) is 0 Å². The van der Waals surface area contributed by atoms with Crippen molar-refractivity contribution in [3.63, 3.8) is 0 Å². The number of halogens is 1. The summed E-state index contributed by atoms with van der Waals surface area (Å²) in [5.74, 6) is -0.720. The zero-order valence-electron chi connectivity index (χ0n) is 12.0. The van der Waals surface area contributed by atoms with E-state index in [2.05, 4.69) is 5.32 Å². The summed E-state index contributed by atoms with van der Waals surface area (Å²) in [5.41, 5.74) is 2.84. The minimum Gasteiger partial charge on any atom is -0.319 e. The second-order valence-electron chi connectivity index (χ2n) is 4.97. The number of thiophene rings is 1. The zero-order valence-corrected chi connectivity index (χ0v) is 12.8. The first-order valence-electron chi connectivity index (χ1n) is 6.85. The smallest absolute Gasteiger partial charge is 0.266 e. The highest BCUT2D eigenvalue weighted by Gasteiger charge is 2.16. The van der Waals surface area contributed by atoms with Gasteiger partial charge < -0.3 is 5.32 Å². The number of anilines is 1. The highest BCUT2D eigenvalue weighted by Crippen LogP contribution is 2.29. The average Bonchev–Trinajstić information content (AvgIpc) is 3.00. The Labute approximate surface area is 132 Å². The number of amides is 1. The van der Waals surface area contributed by atoms with Crippen molar-refractivity contribution >= 4 is 22.9 Å². The van der Waals surface area contributed by atoms with Gasteiger partial charge in [0.2, 0.25) is 0 Å². The molecule has 2 nitrogen and oxygen atoms in total. The molecule has 0 unspecified atom stereocenters. The summed E-state index contributed by atoms with van der Waals surface area (Å²) in [6.07, 6.45) is 0. The number of benzene rings is 2. The van der Waals surface area contributed by atoms with Crippen molar-refractivity contribution in [2.45, 2.75) is 6.92 Å². The number of hydrogen-bond acceptors (Lipinski definition) is 2. The Morgan fingerprint density at radius 2 is 1.86 bits per heavy atom. The monoisotopic (exact) mass is 311 g/mol. The zero-order chi connectivity index (χ0) is 15.5. The molecule has 1 heterocycles. The van der Waals surface area contributed by atoms with Gasteiger partial charge in [0.15, 0.2) is 0 Å². The van der Waals surface area contributed by atoms with E-state index in [-0.39, 0.29) is 11.6 Å². The molecule has 3 aromatic rings. The fourth-order valence-corrected chi connectivity index (χ4v) is 3.04. The topological polar surface area (TPSA) is 29.1 Å². The van der Waals surface area contributed by atoms with E-state index in [9.17, 15) is 9.18 Å². The lowest BCUT2D eigenvalue weighted by Crippen LogP contribution is -2.12. The molecule has 0 aliphatic rings. The SMILES string of the molecule is Cc1ccc(NC(=O)c2sccc2-c2ccccc2)c(F)c1. The molecule has 1 amide bonds. The molecular formula is C18H14FNOS. The summed E-state index contributed by atoms with van der Waals surface area (Å²) in [4.78, 5) is 13.0. The maximum Gasteiger partial charge on any atom is 0.266 e. The van der Waals surface area contributed by atoms with Crippen LogP contribution in [0, 0.1) is 12.7 Å². The first-order chi connectivity index (χ1) is 10.6. The summed E-state index contributed by atoms with van der Waals surface area (Å²) in [7, 11) is 0. The van der Waals surface area contributed by atoms with Crippen LogP contribution >= 0.6 is 11.3 Å². The van der Waals surface area contributed by atoms with E-state index in [0.717, 1.165) is 16.7 Å². The highest BCUT2D eigenvalue weighted by molar-refractivity contribution is 7.12.